The first-order chi connectivity index (χ1) is 10.1. The summed E-state index contributed by atoms with van der Waals surface area (Å²) in [6.07, 6.45) is 1.16. The van der Waals surface area contributed by atoms with Crippen LogP contribution in [0.1, 0.15) is 12.8 Å². The molecule has 3 rings (SSSR count). The van der Waals surface area contributed by atoms with Gasteiger partial charge in [-0.15, -0.1) is 0 Å². The van der Waals surface area contributed by atoms with Crippen molar-refractivity contribution in [3.05, 3.63) is 24.0 Å². The van der Waals surface area contributed by atoms with Crippen molar-refractivity contribution in [2.24, 2.45) is 0 Å². The summed E-state index contributed by atoms with van der Waals surface area (Å²) in [4.78, 5) is 18.3. The summed E-state index contributed by atoms with van der Waals surface area (Å²) < 4.78 is 13.8. The number of piperidine rings is 1. The smallest absolute Gasteiger partial charge is 0.240 e. The molecule has 1 aliphatic rings. The van der Waals surface area contributed by atoms with Crippen LogP contribution >= 0.6 is 11.3 Å². The summed E-state index contributed by atoms with van der Waals surface area (Å²) >= 11 is 1.26. The van der Waals surface area contributed by atoms with E-state index in [0.29, 0.717) is 28.2 Å². The maximum atomic E-state index is 13.1. The number of hydrogen-bond donors (Lipinski definition) is 2. The fraction of sp³-hybridized carbons (Fsp3) is 0.429. The van der Waals surface area contributed by atoms with Gasteiger partial charge in [0.2, 0.25) is 5.91 Å². The van der Waals surface area contributed by atoms with Gasteiger partial charge < -0.3 is 10.4 Å². The van der Waals surface area contributed by atoms with Crippen LogP contribution in [0, 0.1) is 5.82 Å². The Hall–Kier alpha value is -1.57. The SMILES string of the molecule is O=C(CN1CCC(O)CC1)Nc1nc2ccc(F)cc2s1. The number of thiazole rings is 1. The summed E-state index contributed by atoms with van der Waals surface area (Å²) in [5.74, 6) is -0.443. The maximum Gasteiger partial charge on any atom is 0.240 e. The number of nitrogens with one attached hydrogen (secondary N) is 1. The molecule has 112 valence electrons. The first-order valence-corrected chi connectivity index (χ1v) is 7.68. The molecule has 0 atom stereocenters. The van der Waals surface area contributed by atoms with Crippen molar-refractivity contribution in [2.75, 3.05) is 25.0 Å². The lowest BCUT2D eigenvalue weighted by Gasteiger charge is -2.28. The predicted octanol–water partition coefficient (Wildman–Crippen LogP) is 1.83. The molecule has 1 aromatic carbocycles. The number of benzene rings is 1. The Balaban J connectivity index is 1.60. The molecule has 0 spiro atoms. The molecule has 1 fully saturated rings. The number of anilines is 1. The molecule has 21 heavy (non-hydrogen) atoms. The van der Waals surface area contributed by atoms with Crippen LogP contribution in [-0.2, 0) is 4.79 Å². The molecule has 2 heterocycles. The second-order valence-corrected chi connectivity index (χ2v) is 6.22. The average Bonchev–Trinajstić information content (AvgIpc) is 2.82. The molecule has 1 saturated heterocycles. The minimum Gasteiger partial charge on any atom is -0.393 e. The molecule has 0 saturated carbocycles. The Bertz CT molecular complexity index is 653. The number of aromatic nitrogens is 1. The summed E-state index contributed by atoms with van der Waals surface area (Å²) in [5, 5.41) is 12.7. The van der Waals surface area contributed by atoms with Crippen molar-refractivity contribution in [1.29, 1.82) is 0 Å². The Morgan fingerprint density at radius 2 is 2.24 bits per heavy atom. The summed E-state index contributed by atoms with van der Waals surface area (Å²) in [6, 6.07) is 4.37. The van der Waals surface area contributed by atoms with Crippen LogP contribution in [0.3, 0.4) is 0 Å². The normalized spacial score (nSPS) is 17.2. The number of amides is 1. The first kappa shape index (κ1) is 14.4. The highest BCUT2D eigenvalue weighted by Crippen LogP contribution is 2.26. The molecular formula is C14H16FN3O2S. The highest BCUT2D eigenvalue weighted by atomic mass is 32.1. The second kappa shape index (κ2) is 6.05. The van der Waals surface area contributed by atoms with Crippen LogP contribution < -0.4 is 5.32 Å². The lowest BCUT2D eigenvalue weighted by atomic mass is 10.1. The zero-order chi connectivity index (χ0) is 14.8. The largest absolute Gasteiger partial charge is 0.393 e. The van der Waals surface area contributed by atoms with E-state index in [0.717, 1.165) is 13.1 Å². The van der Waals surface area contributed by atoms with E-state index in [1.54, 1.807) is 6.07 Å². The molecular weight excluding hydrogens is 293 g/mol. The Morgan fingerprint density at radius 3 is 3.00 bits per heavy atom. The van der Waals surface area contributed by atoms with Gasteiger partial charge in [0.25, 0.3) is 0 Å². The molecule has 2 aromatic rings. The molecule has 1 amide bonds. The van der Waals surface area contributed by atoms with Gasteiger partial charge in [0, 0.05) is 13.1 Å². The number of aliphatic hydroxyl groups excluding tert-OH is 1. The number of likely N-dealkylation sites (tertiary alicyclic amines) is 1. The number of aliphatic hydroxyl groups is 1. The topological polar surface area (TPSA) is 65.5 Å². The van der Waals surface area contributed by atoms with E-state index in [-0.39, 0.29) is 24.4 Å². The third-order valence-electron chi connectivity index (χ3n) is 3.52. The third-order valence-corrected chi connectivity index (χ3v) is 4.45. The Labute approximate surface area is 125 Å². The van der Waals surface area contributed by atoms with Gasteiger partial charge in [0.15, 0.2) is 5.13 Å². The quantitative estimate of drug-likeness (QED) is 0.908. The predicted molar refractivity (Wildman–Crippen MR) is 79.9 cm³/mol. The molecule has 5 nitrogen and oxygen atoms in total. The summed E-state index contributed by atoms with van der Waals surface area (Å²) in [6.45, 7) is 1.73. The number of hydrogen-bond acceptors (Lipinski definition) is 5. The number of nitrogens with zero attached hydrogens (tertiary/aromatic N) is 2. The van der Waals surface area contributed by atoms with Crippen LogP contribution in [0.2, 0.25) is 0 Å². The molecule has 0 bridgehead atoms. The van der Waals surface area contributed by atoms with Gasteiger partial charge in [0.1, 0.15) is 5.82 Å². The van der Waals surface area contributed by atoms with E-state index in [1.165, 1.54) is 23.5 Å². The second-order valence-electron chi connectivity index (χ2n) is 5.19. The van der Waals surface area contributed by atoms with Gasteiger partial charge >= 0.3 is 0 Å². The molecule has 2 N–H and O–H groups in total. The number of carbonyl (C=O) groups is 1. The van der Waals surface area contributed by atoms with E-state index in [9.17, 15) is 14.3 Å². The summed E-state index contributed by atoms with van der Waals surface area (Å²) in [7, 11) is 0. The first-order valence-electron chi connectivity index (χ1n) is 6.86. The lowest BCUT2D eigenvalue weighted by Crippen LogP contribution is -2.40. The molecule has 0 radical (unpaired) electrons. The van der Waals surface area contributed by atoms with Gasteiger partial charge in [-0.2, -0.15) is 0 Å². The number of rotatable bonds is 3. The zero-order valence-corrected chi connectivity index (χ0v) is 12.2. The maximum absolute atomic E-state index is 13.1. The number of carbonyl (C=O) groups excluding carboxylic acids is 1. The highest BCUT2D eigenvalue weighted by molar-refractivity contribution is 7.22. The van der Waals surface area contributed by atoms with Gasteiger partial charge in [-0.25, -0.2) is 9.37 Å². The highest BCUT2D eigenvalue weighted by Gasteiger charge is 2.19. The monoisotopic (exact) mass is 309 g/mol. The van der Waals surface area contributed by atoms with Crippen LogP contribution in [0.4, 0.5) is 9.52 Å². The van der Waals surface area contributed by atoms with E-state index in [2.05, 4.69) is 10.3 Å². The van der Waals surface area contributed by atoms with E-state index in [1.807, 2.05) is 4.90 Å². The van der Waals surface area contributed by atoms with E-state index >= 15 is 0 Å². The van der Waals surface area contributed by atoms with E-state index in [4.69, 9.17) is 0 Å². The van der Waals surface area contributed by atoms with E-state index < -0.39 is 0 Å². The van der Waals surface area contributed by atoms with Crippen LogP contribution in [-0.4, -0.2) is 46.6 Å². The fourth-order valence-electron chi connectivity index (χ4n) is 2.39. The molecule has 7 heteroatoms. The molecule has 0 unspecified atom stereocenters. The van der Waals surface area contributed by atoms with Gasteiger partial charge in [-0.1, -0.05) is 11.3 Å². The minimum absolute atomic E-state index is 0.133. The zero-order valence-electron chi connectivity index (χ0n) is 11.4. The fourth-order valence-corrected chi connectivity index (χ4v) is 3.30. The van der Waals surface area contributed by atoms with Crippen molar-refractivity contribution in [2.45, 2.75) is 18.9 Å². The number of halogens is 1. The Kier molecular flexibility index (Phi) is 4.14. The van der Waals surface area contributed by atoms with Crippen molar-refractivity contribution in [3.8, 4) is 0 Å². The molecule has 1 aliphatic heterocycles. The standard InChI is InChI=1S/C14H16FN3O2S/c15-9-1-2-11-12(7-9)21-14(16-11)17-13(20)8-18-5-3-10(19)4-6-18/h1-2,7,10,19H,3-6,8H2,(H,16,17,20). The van der Waals surface area contributed by atoms with Crippen molar-refractivity contribution >= 4 is 32.6 Å². The third kappa shape index (κ3) is 3.55. The minimum atomic E-state index is -0.309. The average molecular weight is 309 g/mol. The van der Waals surface area contributed by atoms with Crippen LogP contribution in [0.15, 0.2) is 18.2 Å². The van der Waals surface area contributed by atoms with Gasteiger partial charge in [-0.05, 0) is 31.0 Å². The van der Waals surface area contributed by atoms with Crippen molar-refractivity contribution < 1.29 is 14.3 Å². The molecule has 0 aliphatic carbocycles. The van der Waals surface area contributed by atoms with Crippen molar-refractivity contribution in [3.63, 3.8) is 0 Å². The number of fused-ring (bicyclic) bond motifs is 1. The van der Waals surface area contributed by atoms with Crippen LogP contribution in [0.25, 0.3) is 10.2 Å². The Morgan fingerprint density at radius 1 is 1.48 bits per heavy atom. The van der Waals surface area contributed by atoms with Crippen molar-refractivity contribution in [1.82, 2.24) is 9.88 Å². The lowest BCUT2D eigenvalue weighted by molar-refractivity contribution is -0.117. The van der Waals surface area contributed by atoms with Gasteiger partial charge in [-0.3, -0.25) is 9.69 Å². The molecule has 1 aromatic heterocycles. The van der Waals surface area contributed by atoms with Gasteiger partial charge in [0.05, 0.1) is 22.9 Å². The van der Waals surface area contributed by atoms with Crippen LogP contribution in [0.5, 0.6) is 0 Å². The summed E-state index contributed by atoms with van der Waals surface area (Å²) in [5.41, 5.74) is 0.679.